The summed E-state index contributed by atoms with van der Waals surface area (Å²) in [6.07, 6.45) is 0.434. The summed E-state index contributed by atoms with van der Waals surface area (Å²) >= 11 is 0. The van der Waals surface area contributed by atoms with Gasteiger partial charge in [-0.3, -0.25) is 4.79 Å². The van der Waals surface area contributed by atoms with Crippen molar-refractivity contribution in [3.63, 3.8) is 0 Å². The Balaban J connectivity index is 2.44. The number of urea groups is 1. The van der Waals surface area contributed by atoms with E-state index in [4.69, 9.17) is 10.2 Å². The Kier molecular flexibility index (Phi) is 4.52. The molecule has 102 valence electrons. The van der Waals surface area contributed by atoms with Crippen molar-refractivity contribution in [1.29, 1.82) is 0 Å². The van der Waals surface area contributed by atoms with E-state index in [1.54, 1.807) is 7.05 Å². The van der Waals surface area contributed by atoms with Gasteiger partial charge in [-0.05, 0) is 18.3 Å². The first-order chi connectivity index (χ1) is 8.31. The number of carboxylic acids is 2. The van der Waals surface area contributed by atoms with Gasteiger partial charge in [-0.2, -0.15) is 0 Å². The Hall–Kier alpha value is -1.79. The SMILES string of the molecule is CC1CC1CN(C)C(=O)N[C@@H](CC(=O)O)C(=O)O. The number of hydrogen-bond acceptors (Lipinski definition) is 3. The van der Waals surface area contributed by atoms with Gasteiger partial charge in [-0.1, -0.05) is 6.92 Å². The number of carboxylic acid groups (broad SMARTS) is 2. The summed E-state index contributed by atoms with van der Waals surface area (Å²) in [5.41, 5.74) is 0. The Labute approximate surface area is 105 Å². The van der Waals surface area contributed by atoms with Crippen LogP contribution in [0.15, 0.2) is 0 Å². The molecule has 0 aromatic heterocycles. The van der Waals surface area contributed by atoms with Crippen molar-refractivity contribution >= 4 is 18.0 Å². The third kappa shape index (κ3) is 4.23. The van der Waals surface area contributed by atoms with Crippen LogP contribution in [-0.2, 0) is 9.59 Å². The zero-order valence-electron chi connectivity index (χ0n) is 10.4. The standard InChI is InChI=1S/C11H18N2O5/c1-6-3-7(6)5-13(2)11(18)12-8(10(16)17)4-9(14)15/h6-8H,3-5H2,1-2H3,(H,12,18)(H,14,15)(H,16,17)/t6?,7?,8-/m0/s1. The molecule has 0 heterocycles. The van der Waals surface area contributed by atoms with E-state index >= 15 is 0 Å². The van der Waals surface area contributed by atoms with E-state index in [0.29, 0.717) is 18.4 Å². The largest absolute Gasteiger partial charge is 0.481 e. The van der Waals surface area contributed by atoms with Gasteiger partial charge >= 0.3 is 18.0 Å². The predicted molar refractivity (Wildman–Crippen MR) is 62.1 cm³/mol. The topological polar surface area (TPSA) is 107 Å². The van der Waals surface area contributed by atoms with Gasteiger partial charge in [0.25, 0.3) is 0 Å². The van der Waals surface area contributed by atoms with Crippen molar-refractivity contribution in [2.45, 2.75) is 25.8 Å². The second-order valence-electron chi connectivity index (χ2n) is 4.79. The van der Waals surface area contributed by atoms with E-state index in [9.17, 15) is 14.4 Å². The molecule has 0 radical (unpaired) electrons. The lowest BCUT2D eigenvalue weighted by Gasteiger charge is -2.20. The molecule has 0 spiro atoms. The lowest BCUT2D eigenvalue weighted by atomic mass is 10.2. The molecular weight excluding hydrogens is 240 g/mol. The van der Waals surface area contributed by atoms with Gasteiger partial charge in [0.05, 0.1) is 6.42 Å². The van der Waals surface area contributed by atoms with Crippen molar-refractivity contribution in [2.24, 2.45) is 11.8 Å². The molecule has 7 heteroatoms. The van der Waals surface area contributed by atoms with Crippen molar-refractivity contribution in [2.75, 3.05) is 13.6 Å². The van der Waals surface area contributed by atoms with Crippen molar-refractivity contribution < 1.29 is 24.6 Å². The fraction of sp³-hybridized carbons (Fsp3) is 0.727. The highest BCUT2D eigenvalue weighted by molar-refractivity contribution is 5.86. The number of nitrogens with one attached hydrogen (secondary N) is 1. The number of nitrogens with zero attached hydrogens (tertiary/aromatic N) is 1. The average Bonchev–Trinajstić information content (AvgIpc) is 2.92. The number of aliphatic carboxylic acids is 2. The summed E-state index contributed by atoms with van der Waals surface area (Å²) in [5, 5.41) is 19.5. The maximum Gasteiger partial charge on any atom is 0.326 e. The van der Waals surface area contributed by atoms with Crippen molar-refractivity contribution in [1.82, 2.24) is 10.2 Å². The summed E-state index contributed by atoms with van der Waals surface area (Å²) in [6.45, 7) is 2.65. The lowest BCUT2D eigenvalue weighted by Crippen LogP contribution is -2.48. The van der Waals surface area contributed by atoms with Crippen LogP contribution in [-0.4, -0.2) is 52.7 Å². The molecule has 0 aromatic rings. The lowest BCUT2D eigenvalue weighted by molar-refractivity contribution is -0.145. The first-order valence-electron chi connectivity index (χ1n) is 5.77. The molecule has 18 heavy (non-hydrogen) atoms. The average molecular weight is 258 g/mol. The number of hydrogen-bond donors (Lipinski definition) is 3. The third-order valence-electron chi connectivity index (χ3n) is 3.11. The molecule has 1 fully saturated rings. The molecule has 1 saturated carbocycles. The molecule has 2 amide bonds. The molecule has 1 aliphatic rings. The third-order valence-corrected chi connectivity index (χ3v) is 3.11. The summed E-state index contributed by atoms with van der Waals surface area (Å²) in [4.78, 5) is 34.3. The minimum absolute atomic E-state index is 0.462. The maximum absolute atomic E-state index is 11.7. The molecule has 0 bridgehead atoms. The van der Waals surface area contributed by atoms with Gasteiger partial charge in [0, 0.05) is 13.6 Å². The number of carbonyl (C=O) groups excluding carboxylic acids is 1. The summed E-state index contributed by atoms with van der Waals surface area (Å²) in [5.74, 6) is -1.56. The van der Waals surface area contributed by atoms with Crippen LogP contribution in [0.2, 0.25) is 0 Å². The Morgan fingerprint density at radius 2 is 1.94 bits per heavy atom. The van der Waals surface area contributed by atoms with E-state index in [2.05, 4.69) is 12.2 Å². The van der Waals surface area contributed by atoms with Crippen LogP contribution in [0.3, 0.4) is 0 Å². The van der Waals surface area contributed by atoms with Gasteiger partial charge in [-0.15, -0.1) is 0 Å². The Morgan fingerprint density at radius 3 is 2.33 bits per heavy atom. The number of amides is 2. The van der Waals surface area contributed by atoms with E-state index in [-0.39, 0.29) is 0 Å². The predicted octanol–water partition coefficient (Wildman–Crippen LogP) is 0.212. The minimum atomic E-state index is -1.39. The first kappa shape index (κ1) is 14.3. The number of carbonyl (C=O) groups is 3. The number of rotatable bonds is 6. The van der Waals surface area contributed by atoms with Crippen LogP contribution in [0.5, 0.6) is 0 Å². The highest BCUT2D eigenvalue weighted by Gasteiger charge is 2.34. The van der Waals surface area contributed by atoms with Crippen LogP contribution in [0.25, 0.3) is 0 Å². The molecule has 3 atom stereocenters. The van der Waals surface area contributed by atoms with Crippen LogP contribution in [0, 0.1) is 11.8 Å². The fourth-order valence-electron chi connectivity index (χ4n) is 1.72. The summed E-state index contributed by atoms with van der Waals surface area (Å²) in [7, 11) is 1.57. The second kappa shape index (κ2) is 5.70. The zero-order chi connectivity index (χ0) is 13.9. The van der Waals surface area contributed by atoms with Gasteiger partial charge in [0.1, 0.15) is 6.04 Å². The fourth-order valence-corrected chi connectivity index (χ4v) is 1.72. The smallest absolute Gasteiger partial charge is 0.326 e. The van der Waals surface area contributed by atoms with Crippen LogP contribution in [0.1, 0.15) is 19.8 Å². The molecular formula is C11H18N2O5. The van der Waals surface area contributed by atoms with Gasteiger partial charge < -0.3 is 20.4 Å². The molecule has 1 aliphatic carbocycles. The van der Waals surface area contributed by atoms with E-state index in [1.807, 2.05) is 0 Å². The second-order valence-corrected chi connectivity index (χ2v) is 4.79. The van der Waals surface area contributed by atoms with Crippen LogP contribution < -0.4 is 5.32 Å². The quantitative estimate of drug-likeness (QED) is 0.631. The molecule has 0 saturated heterocycles. The van der Waals surface area contributed by atoms with Gasteiger partial charge in [-0.25, -0.2) is 9.59 Å². The van der Waals surface area contributed by atoms with Crippen molar-refractivity contribution in [3.05, 3.63) is 0 Å². The van der Waals surface area contributed by atoms with E-state index in [1.165, 1.54) is 4.90 Å². The Morgan fingerprint density at radius 1 is 1.39 bits per heavy atom. The molecule has 1 rings (SSSR count). The van der Waals surface area contributed by atoms with Crippen LogP contribution in [0.4, 0.5) is 4.79 Å². The molecule has 3 N–H and O–H groups in total. The highest BCUT2D eigenvalue weighted by atomic mass is 16.4. The monoisotopic (exact) mass is 258 g/mol. The van der Waals surface area contributed by atoms with E-state index in [0.717, 1.165) is 6.42 Å². The van der Waals surface area contributed by atoms with Crippen molar-refractivity contribution in [3.8, 4) is 0 Å². The van der Waals surface area contributed by atoms with E-state index < -0.39 is 30.4 Å². The highest BCUT2D eigenvalue weighted by Crippen LogP contribution is 2.37. The van der Waals surface area contributed by atoms with Gasteiger partial charge in [0.15, 0.2) is 0 Å². The summed E-state index contributed by atoms with van der Waals surface area (Å²) < 4.78 is 0. The van der Waals surface area contributed by atoms with Crippen LogP contribution >= 0.6 is 0 Å². The molecule has 2 unspecified atom stereocenters. The first-order valence-corrected chi connectivity index (χ1v) is 5.77. The minimum Gasteiger partial charge on any atom is -0.481 e. The zero-order valence-corrected chi connectivity index (χ0v) is 10.4. The molecule has 0 aliphatic heterocycles. The van der Waals surface area contributed by atoms with Gasteiger partial charge in [0.2, 0.25) is 0 Å². The summed E-state index contributed by atoms with van der Waals surface area (Å²) in [6, 6.07) is -1.95. The normalized spacial score (nSPS) is 23.0. The molecule has 0 aromatic carbocycles. The maximum atomic E-state index is 11.7. The molecule has 7 nitrogen and oxygen atoms in total. The Bertz CT molecular complexity index is 357.